The van der Waals surface area contributed by atoms with Crippen molar-refractivity contribution in [3.8, 4) is 0 Å². The summed E-state index contributed by atoms with van der Waals surface area (Å²) >= 11 is 0. The lowest BCUT2D eigenvalue weighted by molar-refractivity contribution is -0.123. The van der Waals surface area contributed by atoms with Crippen LogP contribution in [0, 0.1) is 0 Å². The minimum absolute atomic E-state index is 0.145. The summed E-state index contributed by atoms with van der Waals surface area (Å²) in [7, 11) is 0. The number of rotatable bonds is 8. The topological polar surface area (TPSA) is 116 Å². The molecule has 4 N–H and O–H groups in total. The predicted molar refractivity (Wildman–Crippen MR) is 167 cm³/mol. The molecule has 0 atom stereocenters. The minimum Gasteiger partial charge on any atom is -0.272 e. The highest BCUT2D eigenvalue weighted by Gasteiger charge is 2.24. The molecule has 0 aliphatic heterocycles. The van der Waals surface area contributed by atoms with Gasteiger partial charge in [-0.25, -0.2) is 0 Å². The van der Waals surface area contributed by atoms with Gasteiger partial charge < -0.3 is 0 Å². The van der Waals surface area contributed by atoms with E-state index in [0.717, 1.165) is 22.3 Å². The van der Waals surface area contributed by atoms with Crippen LogP contribution in [0.3, 0.4) is 0 Å². The Kier molecular flexibility index (Phi) is 9.54. The summed E-state index contributed by atoms with van der Waals surface area (Å²) < 4.78 is 0. The van der Waals surface area contributed by atoms with E-state index in [4.69, 9.17) is 0 Å². The van der Waals surface area contributed by atoms with Gasteiger partial charge in [0.2, 0.25) is 11.8 Å². The van der Waals surface area contributed by atoms with Gasteiger partial charge in [-0.05, 0) is 40.5 Å². The number of carbonyl (C=O) groups is 4. The summed E-state index contributed by atoms with van der Waals surface area (Å²) in [6.07, 6.45) is 0. The van der Waals surface area contributed by atoms with E-state index in [1.165, 1.54) is 18.2 Å². The predicted octanol–water partition coefficient (Wildman–Crippen LogP) is 4.87. The van der Waals surface area contributed by atoms with Crippen molar-refractivity contribution < 1.29 is 19.2 Å². The molecule has 0 unspecified atom stereocenters. The average Bonchev–Trinajstić information content (AvgIpc) is 3.08. The highest BCUT2D eigenvalue weighted by atomic mass is 16.2. The van der Waals surface area contributed by atoms with Crippen molar-refractivity contribution in [3.05, 3.63) is 179 Å². The first kappa shape index (κ1) is 29.5. The first-order chi connectivity index (χ1) is 21.5. The zero-order valence-electron chi connectivity index (χ0n) is 23.6. The van der Waals surface area contributed by atoms with E-state index in [2.05, 4.69) is 21.7 Å². The third-order valence-corrected chi connectivity index (χ3v) is 7.04. The lowest BCUT2D eigenvalue weighted by atomic mass is 9.91. The van der Waals surface area contributed by atoms with E-state index in [-0.39, 0.29) is 11.1 Å². The first-order valence-electron chi connectivity index (χ1n) is 14.0. The second-order valence-corrected chi connectivity index (χ2v) is 9.98. The van der Waals surface area contributed by atoms with Crippen molar-refractivity contribution in [2.45, 2.75) is 11.8 Å². The van der Waals surface area contributed by atoms with Crippen molar-refractivity contribution in [3.63, 3.8) is 0 Å². The highest BCUT2D eigenvalue weighted by molar-refractivity contribution is 6.01. The van der Waals surface area contributed by atoms with Gasteiger partial charge in [0.05, 0.1) is 11.8 Å². The summed E-state index contributed by atoms with van der Waals surface area (Å²) in [5.41, 5.74) is 13.3. The molecule has 0 aliphatic rings. The fraction of sp³-hybridized carbons (Fsp3) is 0.0556. The van der Waals surface area contributed by atoms with Gasteiger partial charge >= 0.3 is 0 Å². The molecule has 0 aliphatic carbocycles. The SMILES string of the molecule is O=C(NNC(=O)C(c1ccccc1)c1ccccc1)c1cccc(C(=O)NNC(=O)C(c2ccccc2)c2ccccc2)c1. The van der Waals surface area contributed by atoms with Gasteiger partial charge in [-0.15, -0.1) is 0 Å². The van der Waals surface area contributed by atoms with Gasteiger partial charge in [0.15, 0.2) is 0 Å². The maximum Gasteiger partial charge on any atom is 0.269 e. The van der Waals surface area contributed by atoms with Crippen LogP contribution in [0.2, 0.25) is 0 Å². The van der Waals surface area contributed by atoms with Crippen LogP contribution < -0.4 is 21.7 Å². The Hall–Kier alpha value is -6.02. The van der Waals surface area contributed by atoms with E-state index < -0.39 is 35.5 Å². The molecule has 0 heterocycles. The van der Waals surface area contributed by atoms with Gasteiger partial charge in [0, 0.05) is 11.1 Å². The monoisotopic (exact) mass is 582 g/mol. The molecule has 4 amide bonds. The van der Waals surface area contributed by atoms with Crippen molar-refractivity contribution in [2.24, 2.45) is 0 Å². The molecule has 0 spiro atoms. The largest absolute Gasteiger partial charge is 0.272 e. The van der Waals surface area contributed by atoms with Gasteiger partial charge in [-0.3, -0.25) is 40.9 Å². The summed E-state index contributed by atoms with van der Waals surface area (Å²) in [6, 6.07) is 43.0. The van der Waals surface area contributed by atoms with E-state index in [1.807, 2.05) is 121 Å². The van der Waals surface area contributed by atoms with Crippen molar-refractivity contribution >= 4 is 23.6 Å². The van der Waals surface area contributed by atoms with Gasteiger partial charge in [-0.1, -0.05) is 127 Å². The van der Waals surface area contributed by atoms with Crippen LogP contribution in [-0.2, 0) is 9.59 Å². The molecule has 0 fully saturated rings. The van der Waals surface area contributed by atoms with E-state index >= 15 is 0 Å². The van der Waals surface area contributed by atoms with Crippen LogP contribution in [0.5, 0.6) is 0 Å². The number of hydrogen-bond acceptors (Lipinski definition) is 4. The van der Waals surface area contributed by atoms with E-state index in [0.29, 0.717) is 0 Å². The maximum atomic E-state index is 13.2. The van der Waals surface area contributed by atoms with E-state index in [1.54, 1.807) is 6.07 Å². The van der Waals surface area contributed by atoms with Crippen LogP contribution in [0.25, 0.3) is 0 Å². The molecule has 8 nitrogen and oxygen atoms in total. The quantitative estimate of drug-likeness (QED) is 0.195. The third kappa shape index (κ3) is 7.24. The lowest BCUT2D eigenvalue weighted by Gasteiger charge is -2.18. The van der Waals surface area contributed by atoms with Gasteiger partial charge in [0.25, 0.3) is 11.8 Å². The molecular weight excluding hydrogens is 552 g/mol. The number of benzene rings is 5. The van der Waals surface area contributed by atoms with Crippen LogP contribution in [0.1, 0.15) is 54.8 Å². The number of hydrazine groups is 2. The molecule has 5 aromatic rings. The fourth-order valence-electron chi connectivity index (χ4n) is 4.90. The molecule has 8 heteroatoms. The first-order valence-corrected chi connectivity index (χ1v) is 14.0. The Morgan fingerprint density at radius 1 is 0.364 bits per heavy atom. The van der Waals surface area contributed by atoms with Crippen molar-refractivity contribution in [1.29, 1.82) is 0 Å². The van der Waals surface area contributed by atoms with Crippen molar-refractivity contribution in [1.82, 2.24) is 21.7 Å². The van der Waals surface area contributed by atoms with Crippen LogP contribution in [-0.4, -0.2) is 23.6 Å². The summed E-state index contributed by atoms with van der Waals surface area (Å²) in [5.74, 6) is -3.34. The average molecular weight is 583 g/mol. The Morgan fingerprint density at radius 3 is 0.955 bits per heavy atom. The molecule has 218 valence electrons. The molecule has 0 radical (unpaired) electrons. The minimum atomic E-state index is -0.644. The molecule has 0 saturated carbocycles. The molecular formula is C36H30N4O4. The third-order valence-electron chi connectivity index (χ3n) is 7.04. The second-order valence-electron chi connectivity index (χ2n) is 9.98. The molecule has 5 aromatic carbocycles. The molecule has 5 rings (SSSR count). The van der Waals surface area contributed by atoms with Gasteiger partial charge in [0.1, 0.15) is 0 Å². The number of nitrogens with one attached hydrogen (secondary N) is 4. The Morgan fingerprint density at radius 2 is 0.659 bits per heavy atom. The standard InChI is InChI=1S/C36H30N4O4/c41-33(37-39-35(43)31(25-14-5-1-6-15-25)26-16-7-2-8-17-26)29-22-13-23-30(24-29)34(42)38-40-36(44)32(27-18-9-3-10-19-27)28-20-11-4-12-21-28/h1-24,31-32H,(H,37,41)(H,38,42)(H,39,43)(H,40,44). The lowest BCUT2D eigenvalue weighted by Crippen LogP contribution is -2.45. The van der Waals surface area contributed by atoms with Crippen LogP contribution in [0.15, 0.2) is 146 Å². The number of amides is 4. The Labute approximate surface area is 255 Å². The smallest absolute Gasteiger partial charge is 0.269 e. The van der Waals surface area contributed by atoms with Crippen molar-refractivity contribution in [2.75, 3.05) is 0 Å². The maximum absolute atomic E-state index is 13.2. The highest BCUT2D eigenvalue weighted by Crippen LogP contribution is 2.25. The number of hydrogen-bond donors (Lipinski definition) is 4. The summed E-state index contributed by atoms with van der Waals surface area (Å²) in [5, 5.41) is 0. The van der Waals surface area contributed by atoms with E-state index in [9.17, 15) is 19.2 Å². The molecule has 0 bridgehead atoms. The Balaban J connectivity index is 1.23. The summed E-state index contributed by atoms with van der Waals surface area (Å²) in [4.78, 5) is 52.4. The van der Waals surface area contributed by atoms with Crippen LogP contribution in [0.4, 0.5) is 0 Å². The molecule has 0 aromatic heterocycles. The zero-order valence-corrected chi connectivity index (χ0v) is 23.6. The summed E-state index contributed by atoms with van der Waals surface area (Å²) in [6.45, 7) is 0. The van der Waals surface area contributed by atoms with Gasteiger partial charge in [-0.2, -0.15) is 0 Å². The number of carbonyl (C=O) groups excluding carboxylic acids is 4. The normalized spacial score (nSPS) is 10.6. The molecule has 0 saturated heterocycles. The fourth-order valence-corrected chi connectivity index (χ4v) is 4.90. The molecule has 44 heavy (non-hydrogen) atoms. The zero-order chi connectivity index (χ0) is 30.7. The Bertz CT molecular complexity index is 1520. The second kappa shape index (κ2) is 14.2. The van der Waals surface area contributed by atoms with Crippen LogP contribution >= 0.6 is 0 Å².